The van der Waals surface area contributed by atoms with Crippen LogP contribution in [-0.4, -0.2) is 9.46 Å². The second-order valence-electron chi connectivity index (χ2n) is 3.82. The lowest BCUT2D eigenvalue weighted by atomic mass is 10.1. The Hall–Kier alpha value is -1.14. The van der Waals surface area contributed by atoms with Crippen molar-refractivity contribution in [2.24, 2.45) is 5.92 Å². The summed E-state index contributed by atoms with van der Waals surface area (Å²) in [7, 11) is -1.01. The first kappa shape index (κ1) is 10.4. The van der Waals surface area contributed by atoms with Crippen LogP contribution in [0.1, 0.15) is 19.3 Å². The zero-order valence-electron chi connectivity index (χ0n) is 8.43. The molecule has 0 heterocycles. The Balaban J connectivity index is 2.19. The summed E-state index contributed by atoms with van der Waals surface area (Å²) >= 11 is 0. The van der Waals surface area contributed by atoms with Gasteiger partial charge in [0.2, 0.25) is 0 Å². The highest BCUT2D eigenvalue weighted by Gasteiger charge is 2.32. The first-order chi connectivity index (χ1) is 7.33. The zero-order valence-corrected chi connectivity index (χ0v) is 9.24. The molecule has 0 aromatic heterocycles. The van der Waals surface area contributed by atoms with Crippen molar-refractivity contribution < 1.29 is 4.21 Å². The molecular weight excluding hydrogens is 206 g/mol. The van der Waals surface area contributed by atoms with E-state index in [-0.39, 0.29) is 11.2 Å². The molecule has 0 amide bonds. The quantitative estimate of drug-likeness (QED) is 0.766. The highest BCUT2D eigenvalue weighted by atomic mass is 32.2. The molecular formula is C12H13NOS. The second kappa shape index (κ2) is 4.59. The van der Waals surface area contributed by atoms with Crippen molar-refractivity contribution in [3.05, 3.63) is 30.3 Å². The highest BCUT2D eigenvalue weighted by Crippen LogP contribution is 2.31. The summed E-state index contributed by atoms with van der Waals surface area (Å²) in [5.74, 6) is -0.0222. The summed E-state index contributed by atoms with van der Waals surface area (Å²) in [5, 5.41) is 8.99. The van der Waals surface area contributed by atoms with Crippen LogP contribution in [0, 0.1) is 17.2 Å². The van der Waals surface area contributed by atoms with Gasteiger partial charge in [-0.1, -0.05) is 24.6 Å². The van der Waals surface area contributed by atoms with E-state index in [4.69, 9.17) is 5.26 Å². The van der Waals surface area contributed by atoms with Gasteiger partial charge in [0.15, 0.2) is 0 Å². The minimum Gasteiger partial charge on any atom is -0.254 e. The molecule has 2 nitrogen and oxygen atoms in total. The number of hydrogen-bond acceptors (Lipinski definition) is 2. The average molecular weight is 219 g/mol. The molecule has 0 radical (unpaired) electrons. The minimum absolute atomic E-state index is 0.0222. The van der Waals surface area contributed by atoms with Crippen LogP contribution in [0.25, 0.3) is 0 Å². The number of nitrogens with zero attached hydrogens (tertiary/aromatic N) is 1. The van der Waals surface area contributed by atoms with Crippen molar-refractivity contribution >= 4 is 10.8 Å². The highest BCUT2D eigenvalue weighted by molar-refractivity contribution is 7.85. The van der Waals surface area contributed by atoms with E-state index in [9.17, 15) is 4.21 Å². The fourth-order valence-corrected chi connectivity index (χ4v) is 3.71. The van der Waals surface area contributed by atoms with Gasteiger partial charge in [-0.2, -0.15) is 5.26 Å². The van der Waals surface area contributed by atoms with Crippen LogP contribution in [-0.2, 0) is 10.8 Å². The lowest BCUT2D eigenvalue weighted by Gasteiger charge is -2.12. The van der Waals surface area contributed by atoms with Crippen LogP contribution < -0.4 is 0 Å². The van der Waals surface area contributed by atoms with Gasteiger partial charge in [-0.3, -0.25) is 4.21 Å². The molecule has 0 bridgehead atoms. The van der Waals surface area contributed by atoms with Crippen molar-refractivity contribution in [1.82, 2.24) is 0 Å². The Morgan fingerprint density at radius 3 is 2.67 bits per heavy atom. The summed E-state index contributed by atoms with van der Waals surface area (Å²) in [6.45, 7) is 0. The molecule has 1 aromatic rings. The standard InChI is InChI=1S/C12H13NOS/c13-9-10-5-4-8-12(10)15(14)11-6-2-1-3-7-11/h1-3,6-7,10,12H,4-5,8H2. The van der Waals surface area contributed by atoms with Crippen LogP contribution in [0.2, 0.25) is 0 Å². The summed E-state index contributed by atoms with van der Waals surface area (Å²) in [6.07, 6.45) is 2.85. The summed E-state index contributed by atoms with van der Waals surface area (Å²) in [6, 6.07) is 11.7. The summed E-state index contributed by atoms with van der Waals surface area (Å²) in [5.41, 5.74) is 0. The average Bonchev–Trinajstić information content (AvgIpc) is 2.77. The van der Waals surface area contributed by atoms with Crippen LogP contribution in [0.5, 0.6) is 0 Å². The van der Waals surface area contributed by atoms with Gasteiger partial charge in [0.1, 0.15) is 0 Å². The van der Waals surface area contributed by atoms with Crippen LogP contribution in [0.3, 0.4) is 0 Å². The van der Waals surface area contributed by atoms with Gasteiger partial charge in [-0.15, -0.1) is 0 Å². The SMILES string of the molecule is N#CC1CCCC1S(=O)c1ccccc1. The molecule has 1 aliphatic rings. The fourth-order valence-electron chi connectivity index (χ4n) is 2.06. The molecule has 1 saturated carbocycles. The van der Waals surface area contributed by atoms with Crippen molar-refractivity contribution in [1.29, 1.82) is 5.26 Å². The summed E-state index contributed by atoms with van der Waals surface area (Å²) < 4.78 is 12.2. The lowest BCUT2D eigenvalue weighted by Crippen LogP contribution is -2.18. The molecule has 15 heavy (non-hydrogen) atoms. The fraction of sp³-hybridized carbons (Fsp3) is 0.417. The number of rotatable bonds is 2. The van der Waals surface area contributed by atoms with E-state index < -0.39 is 10.8 Å². The van der Waals surface area contributed by atoms with E-state index in [1.807, 2.05) is 30.3 Å². The van der Waals surface area contributed by atoms with Crippen molar-refractivity contribution in [2.45, 2.75) is 29.4 Å². The molecule has 3 atom stereocenters. The van der Waals surface area contributed by atoms with Gasteiger partial charge in [0.05, 0.1) is 28.0 Å². The predicted octanol–water partition coefficient (Wildman–Crippen LogP) is 2.49. The van der Waals surface area contributed by atoms with Crippen molar-refractivity contribution in [3.8, 4) is 6.07 Å². The van der Waals surface area contributed by atoms with Gasteiger partial charge in [-0.25, -0.2) is 0 Å². The molecule has 0 spiro atoms. The molecule has 0 aliphatic heterocycles. The van der Waals surface area contributed by atoms with Gasteiger partial charge in [0.25, 0.3) is 0 Å². The van der Waals surface area contributed by atoms with Gasteiger partial charge in [-0.05, 0) is 25.0 Å². The number of hydrogen-bond donors (Lipinski definition) is 0. The molecule has 3 unspecified atom stereocenters. The van der Waals surface area contributed by atoms with Crippen LogP contribution >= 0.6 is 0 Å². The molecule has 1 aliphatic carbocycles. The number of benzene rings is 1. The largest absolute Gasteiger partial charge is 0.254 e. The Bertz CT molecular complexity index is 396. The van der Waals surface area contributed by atoms with Gasteiger partial charge in [0, 0.05) is 4.90 Å². The van der Waals surface area contributed by atoms with Crippen LogP contribution in [0.15, 0.2) is 35.2 Å². The maximum atomic E-state index is 12.2. The third kappa shape index (κ3) is 2.10. The van der Waals surface area contributed by atoms with E-state index >= 15 is 0 Å². The minimum atomic E-state index is -1.01. The van der Waals surface area contributed by atoms with Crippen molar-refractivity contribution in [3.63, 3.8) is 0 Å². The Morgan fingerprint density at radius 2 is 2.00 bits per heavy atom. The van der Waals surface area contributed by atoms with Gasteiger partial charge >= 0.3 is 0 Å². The lowest BCUT2D eigenvalue weighted by molar-refractivity contribution is 0.646. The maximum absolute atomic E-state index is 12.2. The zero-order chi connectivity index (χ0) is 10.7. The maximum Gasteiger partial charge on any atom is 0.0668 e. The smallest absolute Gasteiger partial charge is 0.0668 e. The Kier molecular flexibility index (Phi) is 3.17. The van der Waals surface area contributed by atoms with E-state index in [1.54, 1.807) is 0 Å². The molecule has 2 rings (SSSR count). The van der Waals surface area contributed by atoms with E-state index in [1.165, 1.54) is 0 Å². The topological polar surface area (TPSA) is 40.9 Å². The monoisotopic (exact) mass is 219 g/mol. The molecule has 1 fully saturated rings. The molecule has 3 heteroatoms. The Labute approximate surface area is 92.4 Å². The normalized spacial score (nSPS) is 27.1. The second-order valence-corrected chi connectivity index (χ2v) is 5.49. The first-order valence-electron chi connectivity index (χ1n) is 5.18. The first-order valence-corrected chi connectivity index (χ1v) is 6.39. The summed E-state index contributed by atoms with van der Waals surface area (Å²) in [4.78, 5) is 0.852. The molecule has 78 valence electrons. The van der Waals surface area contributed by atoms with E-state index in [0.29, 0.717) is 0 Å². The van der Waals surface area contributed by atoms with E-state index in [2.05, 4.69) is 6.07 Å². The molecule has 0 saturated heterocycles. The Morgan fingerprint density at radius 1 is 1.27 bits per heavy atom. The predicted molar refractivity (Wildman–Crippen MR) is 59.6 cm³/mol. The molecule has 1 aromatic carbocycles. The van der Waals surface area contributed by atoms with Crippen molar-refractivity contribution in [2.75, 3.05) is 0 Å². The molecule has 0 N–H and O–H groups in total. The van der Waals surface area contributed by atoms with Gasteiger partial charge < -0.3 is 0 Å². The van der Waals surface area contributed by atoms with Crippen LogP contribution in [0.4, 0.5) is 0 Å². The third-order valence-corrected chi connectivity index (χ3v) is 4.72. The third-order valence-electron chi connectivity index (χ3n) is 2.87. The number of nitriles is 1. The van der Waals surface area contributed by atoms with E-state index in [0.717, 1.165) is 24.2 Å².